The second-order valence-electron chi connectivity index (χ2n) is 7.68. The molecule has 2 aliphatic carbocycles. The summed E-state index contributed by atoms with van der Waals surface area (Å²) >= 11 is 1.39. The summed E-state index contributed by atoms with van der Waals surface area (Å²) in [5.41, 5.74) is -0.686. The van der Waals surface area contributed by atoms with Gasteiger partial charge in [0.05, 0.1) is 18.1 Å². The molecule has 0 saturated heterocycles. The molecular weight excluding hydrogens is 374 g/mol. The number of furan rings is 1. The first-order chi connectivity index (χ1) is 13.7. The van der Waals surface area contributed by atoms with Gasteiger partial charge in [-0.2, -0.15) is 5.26 Å². The molecule has 2 saturated carbocycles. The van der Waals surface area contributed by atoms with Crippen molar-refractivity contribution in [1.82, 2.24) is 20.1 Å². The van der Waals surface area contributed by atoms with E-state index in [9.17, 15) is 10.1 Å². The Morgan fingerprint density at radius 1 is 1.29 bits per heavy atom. The quantitative estimate of drug-likeness (QED) is 0.735. The predicted octanol–water partition coefficient (Wildman–Crippen LogP) is 4.09. The average molecular weight is 400 g/mol. The lowest BCUT2D eigenvalue weighted by atomic mass is 9.95. The Balaban J connectivity index is 1.49. The van der Waals surface area contributed by atoms with E-state index in [1.165, 1.54) is 31.0 Å². The van der Waals surface area contributed by atoms with Crippen LogP contribution in [0.2, 0.25) is 0 Å². The molecule has 2 fully saturated rings. The van der Waals surface area contributed by atoms with Crippen molar-refractivity contribution in [3.63, 3.8) is 0 Å². The van der Waals surface area contributed by atoms with Crippen molar-refractivity contribution in [2.75, 3.05) is 5.75 Å². The van der Waals surface area contributed by atoms with Crippen LogP contribution in [0, 0.1) is 11.3 Å². The first kappa shape index (κ1) is 19.1. The van der Waals surface area contributed by atoms with Gasteiger partial charge in [-0.05, 0) is 50.7 Å². The zero-order chi connectivity index (χ0) is 19.4. The molecular formula is C20H25N5O2S. The summed E-state index contributed by atoms with van der Waals surface area (Å²) in [5.74, 6) is 1.53. The van der Waals surface area contributed by atoms with Crippen molar-refractivity contribution in [2.24, 2.45) is 0 Å². The van der Waals surface area contributed by atoms with Crippen molar-refractivity contribution in [2.45, 2.75) is 74.5 Å². The molecule has 0 atom stereocenters. The minimum absolute atomic E-state index is 0.119. The number of nitrogens with zero attached hydrogens (tertiary/aromatic N) is 4. The molecule has 0 radical (unpaired) electrons. The van der Waals surface area contributed by atoms with Crippen LogP contribution in [0.15, 0.2) is 28.0 Å². The Labute approximate surface area is 168 Å². The summed E-state index contributed by atoms with van der Waals surface area (Å²) in [4.78, 5) is 12.5. The summed E-state index contributed by atoms with van der Waals surface area (Å²) in [5, 5.41) is 21.9. The van der Waals surface area contributed by atoms with E-state index in [2.05, 4.69) is 26.2 Å². The van der Waals surface area contributed by atoms with Crippen LogP contribution in [-0.4, -0.2) is 32.0 Å². The van der Waals surface area contributed by atoms with E-state index < -0.39 is 5.54 Å². The molecule has 0 unspecified atom stereocenters. The molecule has 2 aliphatic rings. The van der Waals surface area contributed by atoms with Crippen molar-refractivity contribution in [3.8, 4) is 17.7 Å². The summed E-state index contributed by atoms with van der Waals surface area (Å²) < 4.78 is 7.70. The normalized spacial score (nSPS) is 19.4. The molecule has 0 aliphatic heterocycles. The van der Waals surface area contributed by atoms with E-state index >= 15 is 0 Å². The highest BCUT2D eigenvalue weighted by molar-refractivity contribution is 7.99. The standard InChI is InChI=1S/C20H25N5O2S/c21-14-20(10-4-5-11-20)22-17(26)13-28-19-24-23-18(16-9-6-12-27-16)25(19)15-7-2-1-3-8-15/h6,9,12,15H,1-5,7-8,10-11,13H2,(H,22,26). The van der Waals surface area contributed by atoms with Crippen LogP contribution in [0.4, 0.5) is 0 Å². The molecule has 7 nitrogen and oxygen atoms in total. The number of nitriles is 1. The van der Waals surface area contributed by atoms with E-state index in [1.807, 2.05) is 12.1 Å². The first-order valence-corrected chi connectivity index (χ1v) is 11.0. The highest BCUT2D eigenvalue weighted by Gasteiger charge is 2.35. The Kier molecular flexibility index (Phi) is 5.72. The maximum absolute atomic E-state index is 12.5. The summed E-state index contributed by atoms with van der Waals surface area (Å²) in [6.45, 7) is 0. The molecule has 2 aromatic rings. The maximum Gasteiger partial charge on any atom is 0.231 e. The Morgan fingerprint density at radius 3 is 2.75 bits per heavy atom. The van der Waals surface area contributed by atoms with Gasteiger partial charge in [-0.3, -0.25) is 9.36 Å². The van der Waals surface area contributed by atoms with Gasteiger partial charge in [0.25, 0.3) is 0 Å². The molecule has 4 rings (SSSR count). The number of aromatic nitrogens is 3. The summed E-state index contributed by atoms with van der Waals surface area (Å²) in [6, 6.07) is 6.37. The number of hydrogen-bond acceptors (Lipinski definition) is 6. The van der Waals surface area contributed by atoms with Crippen molar-refractivity contribution in [1.29, 1.82) is 5.26 Å². The van der Waals surface area contributed by atoms with Gasteiger partial charge in [0.2, 0.25) is 11.7 Å². The van der Waals surface area contributed by atoms with Gasteiger partial charge in [-0.1, -0.05) is 31.0 Å². The molecule has 1 amide bonds. The second-order valence-corrected chi connectivity index (χ2v) is 8.63. The first-order valence-electron chi connectivity index (χ1n) is 10.0. The highest BCUT2D eigenvalue weighted by Crippen LogP contribution is 2.36. The minimum atomic E-state index is -0.686. The molecule has 1 N–H and O–H groups in total. The van der Waals surface area contributed by atoms with E-state index in [0.29, 0.717) is 11.8 Å². The highest BCUT2D eigenvalue weighted by atomic mass is 32.2. The molecule has 28 heavy (non-hydrogen) atoms. The largest absolute Gasteiger partial charge is 0.461 e. The zero-order valence-electron chi connectivity index (χ0n) is 15.9. The second kappa shape index (κ2) is 8.39. The fourth-order valence-electron chi connectivity index (χ4n) is 4.29. The number of carbonyl (C=O) groups is 1. The average Bonchev–Trinajstić information content (AvgIpc) is 3.47. The minimum Gasteiger partial charge on any atom is -0.461 e. The number of nitrogens with one attached hydrogen (secondary N) is 1. The third-order valence-corrected chi connectivity index (χ3v) is 6.67. The smallest absolute Gasteiger partial charge is 0.231 e. The molecule has 2 heterocycles. The lowest BCUT2D eigenvalue weighted by molar-refractivity contribution is -0.119. The van der Waals surface area contributed by atoms with Crippen LogP contribution in [0.5, 0.6) is 0 Å². The van der Waals surface area contributed by atoms with Gasteiger partial charge >= 0.3 is 0 Å². The van der Waals surface area contributed by atoms with Crippen LogP contribution < -0.4 is 5.32 Å². The van der Waals surface area contributed by atoms with Gasteiger partial charge in [-0.25, -0.2) is 0 Å². The van der Waals surface area contributed by atoms with Gasteiger partial charge in [-0.15, -0.1) is 10.2 Å². The third-order valence-electron chi connectivity index (χ3n) is 5.73. The number of hydrogen-bond donors (Lipinski definition) is 1. The van der Waals surface area contributed by atoms with Crippen LogP contribution >= 0.6 is 11.8 Å². The third kappa shape index (κ3) is 3.95. The van der Waals surface area contributed by atoms with Crippen LogP contribution in [0.1, 0.15) is 63.8 Å². The number of amides is 1. The Hall–Kier alpha value is -2.27. The molecule has 0 bridgehead atoms. The van der Waals surface area contributed by atoms with E-state index in [-0.39, 0.29) is 11.7 Å². The SMILES string of the molecule is N#CC1(NC(=O)CSc2nnc(-c3ccco3)n2C2CCCCC2)CCCC1. The van der Waals surface area contributed by atoms with Crippen molar-refractivity contribution < 1.29 is 9.21 Å². The summed E-state index contributed by atoms with van der Waals surface area (Å²) in [7, 11) is 0. The molecule has 0 aromatic carbocycles. The van der Waals surface area contributed by atoms with Crippen LogP contribution in [0.25, 0.3) is 11.6 Å². The number of thioether (sulfide) groups is 1. The Morgan fingerprint density at radius 2 is 2.07 bits per heavy atom. The maximum atomic E-state index is 12.5. The lowest BCUT2D eigenvalue weighted by Gasteiger charge is -2.25. The Bertz CT molecular complexity index is 843. The lowest BCUT2D eigenvalue weighted by Crippen LogP contribution is -2.45. The molecule has 2 aromatic heterocycles. The van der Waals surface area contributed by atoms with Crippen LogP contribution in [0.3, 0.4) is 0 Å². The van der Waals surface area contributed by atoms with Crippen LogP contribution in [-0.2, 0) is 4.79 Å². The van der Waals surface area contributed by atoms with Gasteiger partial charge < -0.3 is 9.73 Å². The summed E-state index contributed by atoms with van der Waals surface area (Å²) in [6.07, 6.45) is 10.9. The zero-order valence-corrected chi connectivity index (χ0v) is 16.7. The predicted molar refractivity (Wildman–Crippen MR) is 106 cm³/mol. The molecule has 148 valence electrons. The number of carbonyl (C=O) groups excluding carboxylic acids is 1. The van der Waals surface area contributed by atoms with Gasteiger partial charge in [0.15, 0.2) is 10.9 Å². The van der Waals surface area contributed by atoms with E-state index in [1.54, 1.807) is 6.26 Å². The molecule has 8 heteroatoms. The van der Waals surface area contributed by atoms with E-state index in [0.717, 1.165) is 49.5 Å². The number of rotatable bonds is 6. The van der Waals surface area contributed by atoms with Gasteiger partial charge in [0, 0.05) is 6.04 Å². The fraction of sp³-hybridized carbons (Fsp3) is 0.600. The monoisotopic (exact) mass is 399 g/mol. The van der Waals surface area contributed by atoms with Gasteiger partial charge in [0.1, 0.15) is 5.54 Å². The van der Waals surface area contributed by atoms with E-state index in [4.69, 9.17) is 4.42 Å². The van der Waals surface area contributed by atoms with Crippen molar-refractivity contribution in [3.05, 3.63) is 18.4 Å². The topological polar surface area (TPSA) is 96.7 Å². The fourth-order valence-corrected chi connectivity index (χ4v) is 5.10. The van der Waals surface area contributed by atoms with Crippen molar-refractivity contribution >= 4 is 17.7 Å². The molecule has 0 spiro atoms.